The number of hydrogen-bond acceptors (Lipinski definition) is 3. The Morgan fingerprint density at radius 3 is 2.00 bits per heavy atom. The lowest BCUT2D eigenvalue weighted by atomic mass is 10.3. The molecule has 0 aliphatic heterocycles. The maximum atomic E-state index is 6.04. The molecule has 0 unspecified atom stereocenters. The van der Waals surface area contributed by atoms with Crippen molar-refractivity contribution in [1.29, 1.82) is 0 Å². The van der Waals surface area contributed by atoms with E-state index in [1.807, 2.05) is 31.3 Å². The van der Waals surface area contributed by atoms with Gasteiger partial charge in [-0.1, -0.05) is 18.2 Å². The van der Waals surface area contributed by atoms with E-state index in [1.54, 1.807) is 14.2 Å². The van der Waals surface area contributed by atoms with Gasteiger partial charge in [-0.05, 0) is 32.3 Å². The van der Waals surface area contributed by atoms with E-state index in [0.29, 0.717) is 0 Å². The molecule has 0 heterocycles. The predicted octanol–water partition coefficient (Wildman–Crippen LogP) is 2.47. The second-order valence-corrected chi connectivity index (χ2v) is 12.3. The van der Waals surface area contributed by atoms with Crippen LogP contribution in [0.15, 0.2) is 24.3 Å². The maximum Gasteiger partial charge on any atom is 0.392 e. The van der Waals surface area contributed by atoms with Crippen molar-refractivity contribution in [2.75, 3.05) is 14.2 Å². The molecule has 17 heavy (non-hydrogen) atoms. The normalized spacial score (nSPS) is 12.6. The molecule has 5 heteroatoms. The minimum atomic E-state index is -2.07. The molecule has 0 saturated carbocycles. The van der Waals surface area contributed by atoms with Crippen molar-refractivity contribution in [2.24, 2.45) is 0 Å². The van der Waals surface area contributed by atoms with Crippen LogP contribution in [-0.4, -0.2) is 31.1 Å². The van der Waals surface area contributed by atoms with Crippen molar-refractivity contribution in [3.63, 3.8) is 0 Å². The predicted molar refractivity (Wildman–Crippen MR) is 75.7 cm³/mol. The van der Waals surface area contributed by atoms with Crippen LogP contribution < -0.4 is 9.61 Å². The van der Waals surface area contributed by atoms with E-state index in [-0.39, 0.29) is 0 Å². The highest BCUT2D eigenvalue weighted by atomic mass is 28.4. The topological polar surface area (TPSA) is 27.7 Å². The minimum absolute atomic E-state index is 0.907. The van der Waals surface area contributed by atoms with Crippen molar-refractivity contribution in [2.45, 2.75) is 26.2 Å². The molecule has 1 rings (SSSR count). The van der Waals surface area contributed by atoms with Gasteiger partial charge in [0.05, 0.1) is 0 Å². The molecule has 1 aromatic carbocycles. The second-order valence-electron chi connectivity index (χ2n) is 4.92. The molecule has 0 N–H and O–H groups in total. The fourth-order valence-electron chi connectivity index (χ4n) is 1.47. The molecule has 0 aliphatic rings. The van der Waals surface area contributed by atoms with Crippen LogP contribution in [0.3, 0.4) is 0 Å². The fourth-order valence-corrected chi connectivity index (χ4v) is 3.81. The molecule has 0 amide bonds. The Balaban J connectivity index is 3.09. The largest absolute Gasteiger partial charge is 0.520 e. The molecule has 0 aromatic heterocycles. The van der Waals surface area contributed by atoms with Crippen LogP contribution in [0, 0.1) is 0 Å². The van der Waals surface area contributed by atoms with Crippen molar-refractivity contribution in [3.8, 4) is 5.75 Å². The summed E-state index contributed by atoms with van der Waals surface area (Å²) in [7, 11) is -0.475. The van der Waals surface area contributed by atoms with Gasteiger partial charge in [-0.25, -0.2) is 0 Å². The van der Waals surface area contributed by atoms with Crippen LogP contribution in [0.2, 0.25) is 26.2 Å². The molecule has 0 saturated heterocycles. The number of rotatable bonds is 5. The maximum absolute atomic E-state index is 6.04. The summed E-state index contributed by atoms with van der Waals surface area (Å²) in [5.74, 6) is 0.907. The Labute approximate surface area is 106 Å². The zero-order valence-corrected chi connectivity index (χ0v) is 13.5. The Bertz CT molecular complexity index is 378. The van der Waals surface area contributed by atoms with Crippen molar-refractivity contribution < 1.29 is 13.3 Å². The molecular formula is C12H22O3Si2. The molecule has 3 nitrogen and oxygen atoms in total. The molecule has 0 spiro atoms. The van der Waals surface area contributed by atoms with E-state index in [9.17, 15) is 0 Å². The Kier molecular flexibility index (Phi) is 4.54. The van der Waals surface area contributed by atoms with Gasteiger partial charge in [0.15, 0.2) is 0 Å². The summed E-state index contributed by atoms with van der Waals surface area (Å²) in [6, 6.07) is 8.10. The van der Waals surface area contributed by atoms with Gasteiger partial charge in [0, 0.05) is 19.4 Å². The zero-order valence-electron chi connectivity index (χ0n) is 11.5. The average Bonchev–Trinajstić information content (AvgIpc) is 2.29. The summed E-state index contributed by atoms with van der Waals surface area (Å²) >= 11 is 0. The van der Waals surface area contributed by atoms with Gasteiger partial charge in [-0.2, -0.15) is 0 Å². The first kappa shape index (κ1) is 14.4. The monoisotopic (exact) mass is 270 g/mol. The van der Waals surface area contributed by atoms with Gasteiger partial charge in [-0.15, -0.1) is 0 Å². The van der Waals surface area contributed by atoms with E-state index in [1.165, 1.54) is 5.19 Å². The van der Waals surface area contributed by atoms with E-state index in [0.717, 1.165) is 5.75 Å². The molecule has 0 radical (unpaired) electrons. The molecule has 0 bridgehead atoms. The number of benzene rings is 1. The Morgan fingerprint density at radius 2 is 1.47 bits per heavy atom. The molecular weight excluding hydrogens is 248 g/mol. The summed E-state index contributed by atoms with van der Waals surface area (Å²) in [5.41, 5.74) is 0. The molecule has 0 atom stereocenters. The van der Waals surface area contributed by atoms with Gasteiger partial charge in [-0.3, -0.25) is 0 Å². The summed E-state index contributed by atoms with van der Waals surface area (Å²) in [5, 5.41) is 1.18. The molecule has 0 aliphatic carbocycles. The summed E-state index contributed by atoms with van der Waals surface area (Å²) in [6.07, 6.45) is 0. The van der Waals surface area contributed by atoms with Crippen molar-refractivity contribution in [1.82, 2.24) is 0 Å². The first-order valence-corrected chi connectivity index (χ1v) is 11.4. The molecule has 1 aromatic rings. The van der Waals surface area contributed by atoms with E-state index < -0.39 is 16.9 Å². The van der Waals surface area contributed by atoms with Crippen LogP contribution in [0.4, 0.5) is 0 Å². The zero-order chi connectivity index (χ0) is 13.1. The Hall–Kier alpha value is -0.626. The summed E-state index contributed by atoms with van der Waals surface area (Å²) in [4.78, 5) is 0. The smallest absolute Gasteiger partial charge is 0.392 e. The molecule has 96 valence electrons. The first-order chi connectivity index (χ1) is 7.82. The first-order valence-electron chi connectivity index (χ1n) is 5.71. The van der Waals surface area contributed by atoms with Crippen LogP contribution in [-0.2, 0) is 8.85 Å². The quantitative estimate of drug-likeness (QED) is 0.769. The van der Waals surface area contributed by atoms with Gasteiger partial charge in [0.25, 0.3) is 0 Å². The average molecular weight is 270 g/mol. The van der Waals surface area contributed by atoms with Crippen LogP contribution in [0.5, 0.6) is 5.75 Å². The number of para-hydroxylation sites is 1. The Morgan fingerprint density at radius 1 is 0.882 bits per heavy atom. The third-order valence-corrected chi connectivity index (χ3v) is 7.32. The van der Waals surface area contributed by atoms with Gasteiger partial charge in [0.1, 0.15) is 5.75 Å². The lowest BCUT2D eigenvalue weighted by Gasteiger charge is -2.28. The summed E-state index contributed by atoms with van der Waals surface area (Å²) < 4.78 is 17.1. The second kappa shape index (κ2) is 5.35. The standard InChI is InChI=1S/C12H22O3Si2/c1-13-16(3,4)12-10-8-7-9-11(12)15-17(5,6)14-2/h7-10H,1-6H3. The SMILES string of the molecule is CO[Si](C)(C)Oc1ccccc1[Si](C)(C)OC. The third-order valence-electron chi connectivity index (χ3n) is 2.89. The fraction of sp³-hybridized carbons (Fsp3) is 0.500. The highest BCUT2D eigenvalue weighted by Gasteiger charge is 2.31. The van der Waals surface area contributed by atoms with Crippen molar-refractivity contribution in [3.05, 3.63) is 24.3 Å². The van der Waals surface area contributed by atoms with Crippen LogP contribution >= 0.6 is 0 Å². The summed E-state index contributed by atoms with van der Waals surface area (Å²) in [6.45, 7) is 8.39. The van der Waals surface area contributed by atoms with Gasteiger partial charge < -0.3 is 13.3 Å². The minimum Gasteiger partial charge on any atom is -0.520 e. The molecule has 0 fully saturated rings. The van der Waals surface area contributed by atoms with Gasteiger partial charge >= 0.3 is 8.56 Å². The van der Waals surface area contributed by atoms with Crippen LogP contribution in [0.1, 0.15) is 0 Å². The van der Waals surface area contributed by atoms with E-state index in [4.69, 9.17) is 13.3 Å². The van der Waals surface area contributed by atoms with E-state index >= 15 is 0 Å². The lowest BCUT2D eigenvalue weighted by molar-refractivity contribution is 0.314. The van der Waals surface area contributed by atoms with Crippen LogP contribution in [0.25, 0.3) is 0 Å². The lowest BCUT2D eigenvalue weighted by Crippen LogP contribution is -2.47. The highest BCUT2D eigenvalue weighted by Crippen LogP contribution is 2.18. The van der Waals surface area contributed by atoms with Crippen molar-refractivity contribution >= 4 is 22.1 Å². The van der Waals surface area contributed by atoms with Gasteiger partial charge in [0.2, 0.25) is 8.32 Å². The number of hydrogen-bond donors (Lipinski definition) is 0. The third kappa shape index (κ3) is 3.67. The highest BCUT2D eigenvalue weighted by molar-refractivity contribution is 6.85. The van der Waals surface area contributed by atoms with E-state index in [2.05, 4.69) is 19.2 Å².